The summed E-state index contributed by atoms with van der Waals surface area (Å²) in [5.41, 5.74) is 0. The number of ether oxygens (including phenoxy) is 1. The molecule has 0 amide bonds. The lowest BCUT2D eigenvalue weighted by Crippen LogP contribution is -2.32. The van der Waals surface area contributed by atoms with Crippen LogP contribution in [0.4, 0.5) is 0 Å². The molecule has 1 atom stereocenters. The molecule has 0 aromatic rings. The van der Waals surface area contributed by atoms with Crippen molar-refractivity contribution in [3.8, 4) is 0 Å². The van der Waals surface area contributed by atoms with Crippen molar-refractivity contribution in [3.63, 3.8) is 0 Å². The average molecular weight is 212 g/mol. The summed E-state index contributed by atoms with van der Waals surface area (Å²) in [6.07, 6.45) is 7.12. The van der Waals surface area contributed by atoms with Gasteiger partial charge in [-0.15, -0.1) is 0 Å². The molecule has 2 heteroatoms. The van der Waals surface area contributed by atoms with Crippen LogP contribution in [-0.2, 0) is 9.53 Å². The minimum atomic E-state index is -0.159. The van der Waals surface area contributed by atoms with Crippen LogP contribution in [0.1, 0.15) is 59.3 Å². The molecule has 0 bridgehead atoms. The topological polar surface area (TPSA) is 26.3 Å². The van der Waals surface area contributed by atoms with Crippen molar-refractivity contribution in [3.05, 3.63) is 0 Å². The van der Waals surface area contributed by atoms with E-state index in [4.69, 9.17) is 4.74 Å². The fourth-order valence-corrected chi connectivity index (χ4v) is 2.17. The molecule has 88 valence electrons. The second kappa shape index (κ2) is 6.26. The van der Waals surface area contributed by atoms with Crippen molar-refractivity contribution in [1.29, 1.82) is 0 Å². The van der Waals surface area contributed by atoms with Crippen molar-refractivity contribution < 1.29 is 9.53 Å². The third-order valence-corrected chi connectivity index (χ3v) is 3.17. The van der Waals surface area contributed by atoms with Crippen LogP contribution >= 0.6 is 0 Å². The highest BCUT2D eigenvalue weighted by atomic mass is 16.5. The maximum Gasteiger partial charge on any atom is 0.164 e. The predicted octanol–water partition coefficient (Wildman–Crippen LogP) is 3.34. The first-order valence-electron chi connectivity index (χ1n) is 6.34. The first-order valence-corrected chi connectivity index (χ1v) is 6.34. The van der Waals surface area contributed by atoms with E-state index >= 15 is 0 Å². The van der Waals surface area contributed by atoms with Crippen LogP contribution in [0, 0.1) is 5.92 Å². The summed E-state index contributed by atoms with van der Waals surface area (Å²) >= 11 is 0. The van der Waals surface area contributed by atoms with E-state index in [-0.39, 0.29) is 17.8 Å². The number of Topliss-reactive ketones (excluding diaryl/α,β-unsaturated/α-hetero) is 1. The van der Waals surface area contributed by atoms with Crippen LogP contribution in [0.3, 0.4) is 0 Å². The molecular formula is C13H24O2. The third-order valence-electron chi connectivity index (χ3n) is 3.17. The minimum Gasteiger partial charge on any atom is -0.367 e. The maximum absolute atomic E-state index is 11.8. The lowest BCUT2D eigenvalue weighted by molar-refractivity contribution is -0.139. The van der Waals surface area contributed by atoms with Crippen LogP contribution < -0.4 is 0 Å². The van der Waals surface area contributed by atoms with Gasteiger partial charge in [-0.05, 0) is 19.3 Å². The summed E-state index contributed by atoms with van der Waals surface area (Å²) in [7, 11) is 0. The molecule has 0 unspecified atom stereocenters. The van der Waals surface area contributed by atoms with Gasteiger partial charge in [0.05, 0.1) is 6.10 Å². The standard InChI is InChI=1S/C13H24O2/c1-4-12(13(14)10(2)3)15-11-8-6-5-7-9-11/h10-12H,4-9H2,1-3H3/t12-/m0/s1. The molecule has 0 heterocycles. The van der Waals surface area contributed by atoms with E-state index in [0.717, 1.165) is 19.3 Å². The van der Waals surface area contributed by atoms with Crippen LogP contribution in [0.2, 0.25) is 0 Å². The zero-order valence-corrected chi connectivity index (χ0v) is 10.3. The summed E-state index contributed by atoms with van der Waals surface area (Å²) in [4.78, 5) is 11.8. The smallest absolute Gasteiger partial charge is 0.164 e. The summed E-state index contributed by atoms with van der Waals surface area (Å²) in [6, 6.07) is 0. The molecule has 0 aliphatic heterocycles. The molecule has 0 radical (unpaired) electrons. The summed E-state index contributed by atoms with van der Waals surface area (Å²) in [5, 5.41) is 0. The molecule has 1 fully saturated rings. The van der Waals surface area contributed by atoms with E-state index in [0.29, 0.717) is 6.10 Å². The summed E-state index contributed by atoms with van der Waals surface area (Å²) in [6.45, 7) is 5.94. The highest BCUT2D eigenvalue weighted by Gasteiger charge is 2.24. The Kier molecular flexibility index (Phi) is 5.30. The Morgan fingerprint density at radius 2 is 1.87 bits per heavy atom. The number of ketones is 1. The Hall–Kier alpha value is -0.370. The summed E-state index contributed by atoms with van der Waals surface area (Å²) < 4.78 is 5.91. The van der Waals surface area contributed by atoms with Crippen molar-refractivity contribution in [1.82, 2.24) is 0 Å². The van der Waals surface area contributed by atoms with Crippen molar-refractivity contribution in [2.45, 2.75) is 71.5 Å². The van der Waals surface area contributed by atoms with Crippen molar-refractivity contribution >= 4 is 5.78 Å². The Labute approximate surface area is 93.4 Å². The van der Waals surface area contributed by atoms with Gasteiger partial charge in [-0.25, -0.2) is 0 Å². The third kappa shape index (κ3) is 3.94. The van der Waals surface area contributed by atoms with Gasteiger partial charge in [-0.3, -0.25) is 4.79 Å². The lowest BCUT2D eigenvalue weighted by Gasteiger charge is -2.27. The molecule has 1 aliphatic rings. The predicted molar refractivity (Wildman–Crippen MR) is 61.9 cm³/mol. The SMILES string of the molecule is CC[C@H](OC1CCCCC1)C(=O)C(C)C. The molecule has 0 saturated heterocycles. The second-order valence-electron chi connectivity index (χ2n) is 4.85. The van der Waals surface area contributed by atoms with Crippen LogP contribution in [0.25, 0.3) is 0 Å². The summed E-state index contributed by atoms with van der Waals surface area (Å²) in [5.74, 6) is 0.363. The van der Waals surface area contributed by atoms with E-state index in [9.17, 15) is 4.79 Å². The molecule has 15 heavy (non-hydrogen) atoms. The quantitative estimate of drug-likeness (QED) is 0.698. The zero-order chi connectivity index (χ0) is 11.3. The molecular weight excluding hydrogens is 188 g/mol. The van der Waals surface area contributed by atoms with Gasteiger partial charge in [0, 0.05) is 5.92 Å². The average Bonchev–Trinajstić information content (AvgIpc) is 2.26. The Morgan fingerprint density at radius 1 is 1.27 bits per heavy atom. The van der Waals surface area contributed by atoms with Crippen molar-refractivity contribution in [2.75, 3.05) is 0 Å². The monoisotopic (exact) mass is 212 g/mol. The van der Waals surface area contributed by atoms with Crippen LogP contribution in [0.15, 0.2) is 0 Å². The molecule has 1 saturated carbocycles. The molecule has 0 aromatic carbocycles. The van der Waals surface area contributed by atoms with Gasteiger partial charge < -0.3 is 4.74 Å². The van der Waals surface area contributed by atoms with Crippen LogP contribution in [0.5, 0.6) is 0 Å². The van der Waals surface area contributed by atoms with Crippen LogP contribution in [-0.4, -0.2) is 18.0 Å². The fourth-order valence-electron chi connectivity index (χ4n) is 2.17. The largest absolute Gasteiger partial charge is 0.367 e. The molecule has 1 aliphatic carbocycles. The van der Waals surface area contributed by atoms with Gasteiger partial charge >= 0.3 is 0 Å². The zero-order valence-electron chi connectivity index (χ0n) is 10.3. The molecule has 0 N–H and O–H groups in total. The minimum absolute atomic E-state index is 0.0959. The number of hydrogen-bond acceptors (Lipinski definition) is 2. The molecule has 0 aromatic heterocycles. The van der Waals surface area contributed by atoms with Gasteiger partial charge in [0.2, 0.25) is 0 Å². The van der Waals surface area contributed by atoms with Gasteiger partial charge in [-0.1, -0.05) is 40.0 Å². The number of rotatable bonds is 5. The first kappa shape index (κ1) is 12.7. The fraction of sp³-hybridized carbons (Fsp3) is 0.923. The van der Waals surface area contributed by atoms with E-state index in [2.05, 4.69) is 0 Å². The van der Waals surface area contributed by atoms with E-state index in [1.54, 1.807) is 0 Å². The Balaban J connectivity index is 2.41. The molecule has 1 rings (SSSR count). The Bertz CT molecular complexity index is 193. The normalized spacial score (nSPS) is 20.5. The number of carbonyl (C=O) groups excluding carboxylic acids is 1. The lowest BCUT2D eigenvalue weighted by atomic mass is 9.96. The number of carbonyl (C=O) groups is 1. The second-order valence-corrected chi connectivity index (χ2v) is 4.85. The maximum atomic E-state index is 11.8. The van der Waals surface area contributed by atoms with Gasteiger partial charge in [0.25, 0.3) is 0 Å². The molecule has 2 nitrogen and oxygen atoms in total. The van der Waals surface area contributed by atoms with Gasteiger partial charge in [0.15, 0.2) is 5.78 Å². The first-order chi connectivity index (χ1) is 7.15. The molecule has 0 spiro atoms. The number of hydrogen-bond donors (Lipinski definition) is 0. The van der Waals surface area contributed by atoms with Crippen molar-refractivity contribution in [2.24, 2.45) is 5.92 Å². The van der Waals surface area contributed by atoms with Gasteiger partial charge in [0.1, 0.15) is 6.10 Å². The van der Waals surface area contributed by atoms with Gasteiger partial charge in [-0.2, -0.15) is 0 Å². The highest BCUT2D eigenvalue weighted by Crippen LogP contribution is 2.23. The highest BCUT2D eigenvalue weighted by molar-refractivity contribution is 5.84. The van der Waals surface area contributed by atoms with E-state index in [1.807, 2.05) is 20.8 Å². The van der Waals surface area contributed by atoms with E-state index < -0.39 is 0 Å². The Morgan fingerprint density at radius 3 is 2.33 bits per heavy atom. The van der Waals surface area contributed by atoms with E-state index in [1.165, 1.54) is 19.3 Å².